The molecule has 2 rings (SSSR count). The first-order valence-corrected chi connectivity index (χ1v) is 5.91. The third-order valence-corrected chi connectivity index (χ3v) is 3.23. The Morgan fingerprint density at radius 1 is 1.33 bits per heavy atom. The Hall–Kier alpha value is -0.800. The number of benzene rings is 1. The Kier molecular flexibility index (Phi) is 3.44. The smallest absolute Gasteiger partial charge is 0.113 e. The molecule has 0 amide bonds. The zero-order valence-corrected chi connectivity index (χ0v) is 10.0. The lowest BCUT2D eigenvalue weighted by atomic mass is 10.0. The van der Waals surface area contributed by atoms with Gasteiger partial charge in [0.2, 0.25) is 0 Å². The van der Waals surface area contributed by atoms with Gasteiger partial charge in [-0.2, -0.15) is 0 Å². The van der Waals surface area contributed by atoms with Crippen molar-refractivity contribution in [3.8, 4) is 0 Å². The number of ether oxygens (including phenoxy) is 1. The Balaban J connectivity index is 2.23. The Bertz CT molecular complexity index is 376. The molecule has 0 fully saturated rings. The molecule has 1 atom stereocenters. The molecule has 2 N–H and O–H groups in total. The fourth-order valence-corrected chi connectivity index (χ4v) is 2.21. The SMILES string of the molecule is NC(C1=CCCCO1)c1ccccc1Br. The number of allylic oxidation sites excluding steroid dienone is 1. The summed E-state index contributed by atoms with van der Waals surface area (Å²) in [4.78, 5) is 0. The van der Waals surface area contributed by atoms with Crippen molar-refractivity contribution < 1.29 is 4.74 Å². The molecular formula is C12H14BrNO. The lowest BCUT2D eigenvalue weighted by molar-refractivity contribution is 0.175. The monoisotopic (exact) mass is 267 g/mol. The van der Waals surface area contributed by atoms with Gasteiger partial charge in [0, 0.05) is 4.47 Å². The Labute approximate surface area is 98.2 Å². The maximum Gasteiger partial charge on any atom is 0.113 e. The van der Waals surface area contributed by atoms with Crippen molar-refractivity contribution in [2.24, 2.45) is 5.73 Å². The highest BCUT2D eigenvalue weighted by Gasteiger charge is 2.17. The Morgan fingerprint density at radius 2 is 2.13 bits per heavy atom. The van der Waals surface area contributed by atoms with Gasteiger partial charge in [-0.05, 0) is 30.5 Å². The van der Waals surface area contributed by atoms with Crippen LogP contribution in [0, 0.1) is 0 Å². The van der Waals surface area contributed by atoms with Crippen LogP contribution in [0.15, 0.2) is 40.6 Å². The maximum atomic E-state index is 6.15. The highest BCUT2D eigenvalue weighted by molar-refractivity contribution is 9.10. The summed E-state index contributed by atoms with van der Waals surface area (Å²) in [6.07, 6.45) is 4.24. The van der Waals surface area contributed by atoms with E-state index in [0.29, 0.717) is 0 Å². The van der Waals surface area contributed by atoms with E-state index < -0.39 is 0 Å². The highest BCUT2D eigenvalue weighted by Crippen LogP contribution is 2.28. The number of nitrogens with two attached hydrogens (primary N) is 1. The standard InChI is InChI=1S/C12H14BrNO/c13-10-6-2-1-5-9(10)12(14)11-7-3-4-8-15-11/h1-2,5-7,12H,3-4,8,14H2. The van der Waals surface area contributed by atoms with E-state index in [1.807, 2.05) is 24.3 Å². The van der Waals surface area contributed by atoms with Gasteiger partial charge in [0.05, 0.1) is 12.6 Å². The number of rotatable bonds is 2. The van der Waals surface area contributed by atoms with Crippen molar-refractivity contribution in [1.29, 1.82) is 0 Å². The van der Waals surface area contributed by atoms with Crippen LogP contribution in [0.3, 0.4) is 0 Å². The summed E-state index contributed by atoms with van der Waals surface area (Å²) in [5, 5.41) is 0. The van der Waals surface area contributed by atoms with Crippen molar-refractivity contribution in [3.63, 3.8) is 0 Å². The quantitative estimate of drug-likeness (QED) is 0.894. The molecule has 1 aromatic carbocycles. The fourth-order valence-electron chi connectivity index (χ4n) is 1.67. The van der Waals surface area contributed by atoms with Crippen molar-refractivity contribution in [3.05, 3.63) is 46.1 Å². The van der Waals surface area contributed by atoms with Crippen LogP contribution in [-0.2, 0) is 4.74 Å². The van der Waals surface area contributed by atoms with Crippen LogP contribution in [-0.4, -0.2) is 6.61 Å². The normalized spacial score (nSPS) is 17.9. The van der Waals surface area contributed by atoms with Crippen LogP contribution >= 0.6 is 15.9 Å². The molecule has 1 heterocycles. The van der Waals surface area contributed by atoms with E-state index in [-0.39, 0.29) is 6.04 Å². The number of hydrogen-bond acceptors (Lipinski definition) is 2. The second kappa shape index (κ2) is 4.81. The molecule has 1 unspecified atom stereocenters. The molecule has 0 saturated heterocycles. The molecule has 0 aliphatic carbocycles. The van der Waals surface area contributed by atoms with Gasteiger partial charge in [0.15, 0.2) is 0 Å². The third-order valence-electron chi connectivity index (χ3n) is 2.51. The van der Waals surface area contributed by atoms with Gasteiger partial charge in [-0.15, -0.1) is 0 Å². The van der Waals surface area contributed by atoms with E-state index in [2.05, 4.69) is 22.0 Å². The van der Waals surface area contributed by atoms with Crippen LogP contribution in [0.25, 0.3) is 0 Å². The summed E-state index contributed by atoms with van der Waals surface area (Å²) >= 11 is 3.50. The van der Waals surface area contributed by atoms with Gasteiger partial charge in [-0.1, -0.05) is 34.1 Å². The molecule has 0 spiro atoms. The summed E-state index contributed by atoms with van der Waals surface area (Å²) < 4.78 is 6.60. The third kappa shape index (κ3) is 2.41. The minimum atomic E-state index is -0.152. The molecule has 15 heavy (non-hydrogen) atoms. The zero-order chi connectivity index (χ0) is 10.7. The van der Waals surface area contributed by atoms with E-state index >= 15 is 0 Å². The molecule has 1 aromatic rings. The summed E-state index contributed by atoms with van der Waals surface area (Å²) in [5.74, 6) is 0.896. The summed E-state index contributed by atoms with van der Waals surface area (Å²) in [7, 11) is 0. The van der Waals surface area contributed by atoms with Crippen molar-refractivity contribution in [2.45, 2.75) is 18.9 Å². The van der Waals surface area contributed by atoms with Gasteiger partial charge >= 0.3 is 0 Å². The second-order valence-electron chi connectivity index (χ2n) is 3.60. The summed E-state index contributed by atoms with van der Waals surface area (Å²) in [6, 6.07) is 7.84. The van der Waals surface area contributed by atoms with Crippen molar-refractivity contribution in [2.75, 3.05) is 6.61 Å². The van der Waals surface area contributed by atoms with Gasteiger partial charge in [0.25, 0.3) is 0 Å². The van der Waals surface area contributed by atoms with Crippen LogP contribution in [0.4, 0.5) is 0 Å². The molecule has 0 radical (unpaired) electrons. The molecule has 2 nitrogen and oxygen atoms in total. The lowest BCUT2D eigenvalue weighted by Crippen LogP contribution is -2.18. The molecule has 0 aromatic heterocycles. The summed E-state index contributed by atoms with van der Waals surface area (Å²) in [6.45, 7) is 0.782. The molecule has 0 saturated carbocycles. The number of halogens is 1. The van der Waals surface area contributed by atoms with E-state index in [0.717, 1.165) is 35.2 Å². The van der Waals surface area contributed by atoms with Crippen molar-refractivity contribution >= 4 is 15.9 Å². The molecule has 3 heteroatoms. The average molecular weight is 268 g/mol. The first-order chi connectivity index (χ1) is 7.29. The Morgan fingerprint density at radius 3 is 2.80 bits per heavy atom. The molecular weight excluding hydrogens is 254 g/mol. The zero-order valence-electron chi connectivity index (χ0n) is 8.45. The largest absolute Gasteiger partial charge is 0.496 e. The molecule has 1 aliphatic heterocycles. The van der Waals surface area contributed by atoms with E-state index in [4.69, 9.17) is 10.5 Å². The van der Waals surface area contributed by atoms with Crippen LogP contribution < -0.4 is 5.73 Å². The molecule has 1 aliphatic rings. The van der Waals surface area contributed by atoms with Gasteiger partial charge in [0.1, 0.15) is 5.76 Å². The second-order valence-corrected chi connectivity index (χ2v) is 4.45. The van der Waals surface area contributed by atoms with Crippen LogP contribution in [0.5, 0.6) is 0 Å². The van der Waals surface area contributed by atoms with Gasteiger partial charge in [-0.25, -0.2) is 0 Å². The fraction of sp³-hybridized carbons (Fsp3) is 0.333. The van der Waals surface area contributed by atoms with E-state index in [9.17, 15) is 0 Å². The average Bonchev–Trinajstić information content (AvgIpc) is 2.30. The minimum absolute atomic E-state index is 0.152. The summed E-state index contributed by atoms with van der Waals surface area (Å²) in [5.41, 5.74) is 7.22. The first-order valence-electron chi connectivity index (χ1n) is 5.12. The molecule has 80 valence electrons. The van der Waals surface area contributed by atoms with Crippen molar-refractivity contribution in [1.82, 2.24) is 0 Å². The minimum Gasteiger partial charge on any atom is -0.496 e. The lowest BCUT2D eigenvalue weighted by Gasteiger charge is -2.21. The number of hydrogen-bond donors (Lipinski definition) is 1. The van der Waals surface area contributed by atoms with Gasteiger partial charge < -0.3 is 10.5 Å². The van der Waals surface area contributed by atoms with Crippen LogP contribution in [0.2, 0.25) is 0 Å². The topological polar surface area (TPSA) is 35.2 Å². The predicted molar refractivity (Wildman–Crippen MR) is 64.3 cm³/mol. The maximum absolute atomic E-state index is 6.15. The van der Waals surface area contributed by atoms with Crippen LogP contribution in [0.1, 0.15) is 24.4 Å². The predicted octanol–water partition coefficient (Wildman–Crippen LogP) is 3.14. The first kappa shape index (κ1) is 10.7. The van der Waals surface area contributed by atoms with E-state index in [1.165, 1.54) is 0 Å². The van der Waals surface area contributed by atoms with E-state index in [1.54, 1.807) is 0 Å². The van der Waals surface area contributed by atoms with Gasteiger partial charge in [-0.3, -0.25) is 0 Å². The highest BCUT2D eigenvalue weighted by atomic mass is 79.9. The molecule has 0 bridgehead atoms.